The summed E-state index contributed by atoms with van der Waals surface area (Å²) in [6.07, 6.45) is 2.87. The number of fused-ring (bicyclic) bond motifs is 2. The van der Waals surface area contributed by atoms with Crippen LogP contribution >= 0.6 is 11.3 Å². The number of nitrogens with zero attached hydrogens (tertiary/aromatic N) is 3. The number of para-hydroxylation sites is 2. The number of carbonyl (C=O) groups excluding carboxylic acids is 1. The summed E-state index contributed by atoms with van der Waals surface area (Å²) in [7, 11) is 0. The van der Waals surface area contributed by atoms with Gasteiger partial charge in [0.2, 0.25) is 0 Å². The van der Waals surface area contributed by atoms with Gasteiger partial charge in [-0.1, -0.05) is 26.0 Å². The highest BCUT2D eigenvalue weighted by molar-refractivity contribution is 7.15. The molecule has 0 aliphatic carbocycles. The predicted molar refractivity (Wildman–Crippen MR) is 114 cm³/mol. The molecule has 1 N–H and O–H groups in total. The standard InChI is InChI=1S/C21H24N4O3S/c1-3-14(4-2)22-20(27)18-13-24(16-7-5-6-8-17(16)28-18)12-15-11-19(26)25-9-10-29-21(25)23-15/h5-11,14,18H,3-4,12-13H2,1-2H3,(H,22,27). The molecule has 1 amide bonds. The van der Waals surface area contributed by atoms with Gasteiger partial charge in [-0.05, 0) is 25.0 Å². The Kier molecular flexibility index (Phi) is 5.53. The molecule has 29 heavy (non-hydrogen) atoms. The number of rotatable bonds is 6. The molecular weight excluding hydrogens is 388 g/mol. The predicted octanol–water partition coefficient (Wildman–Crippen LogP) is 2.83. The second-order valence-electron chi connectivity index (χ2n) is 7.12. The summed E-state index contributed by atoms with van der Waals surface area (Å²) in [4.78, 5) is 32.5. The number of nitrogens with one attached hydrogen (secondary N) is 1. The van der Waals surface area contributed by atoms with Crippen LogP contribution < -0.4 is 20.5 Å². The minimum Gasteiger partial charge on any atom is -0.477 e. The number of anilines is 1. The Hall–Kier alpha value is -2.87. The van der Waals surface area contributed by atoms with Crippen LogP contribution in [0, 0.1) is 0 Å². The zero-order valence-electron chi connectivity index (χ0n) is 16.5. The van der Waals surface area contributed by atoms with Gasteiger partial charge in [0, 0.05) is 23.7 Å². The van der Waals surface area contributed by atoms with E-state index in [0.29, 0.717) is 29.5 Å². The maximum Gasteiger partial charge on any atom is 0.263 e. The highest BCUT2D eigenvalue weighted by atomic mass is 32.1. The number of thiazole rings is 1. The lowest BCUT2D eigenvalue weighted by Crippen LogP contribution is -2.51. The van der Waals surface area contributed by atoms with Gasteiger partial charge in [-0.25, -0.2) is 4.98 Å². The van der Waals surface area contributed by atoms with Crippen LogP contribution in [0.4, 0.5) is 5.69 Å². The summed E-state index contributed by atoms with van der Waals surface area (Å²) >= 11 is 1.43. The molecule has 7 nitrogen and oxygen atoms in total. The Morgan fingerprint density at radius 3 is 2.93 bits per heavy atom. The smallest absolute Gasteiger partial charge is 0.263 e. The zero-order chi connectivity index (χ0) is 20.4. The van der Waals surface area contributed by atoms with E-state index in [4.69, 9.17) is 4.74 Å². The summed E-state index contributed by atoms with van der Waals surface area (Å²) in [6, 6.07) is 9.34. The highest BCUT2D eigenvalue weighted by Crippen LogP contribution is 2.34. The molecule has 1 unspecified atom stereocenters. The quantitative estimate of drug-likeness (QED) is 0.674. The van der Waals surface area contributed by atoms with E-state index in [-0.39, 0.29) is 17.5 Å². The van der Waals surface area contributed by atoms with E-state index in [1.165, 1.54) is 15.7 Å². The van der Waals surface area contributed by atoms with Gasteiger partial charge in [0.05, 0.1) is 24.5 Å². The summed E-state index contributed by atoms with van der Waals surface area (Å²) in [5.74, 6) is 0.553. The molecule has 0 spiro atoms. The third kappa shape index (κ3) is 3.98. The summed E-state index contributed by atoms with van der Waals surface area (Å²) in [5.41, 5.74) is 1.47. The van der Waals surface area contributed by atoms with Crippen molar-refractivity contribution in [1.29, 1.82) is 0 Å². The molecule has 1 aliphatic heterocycles. The van der Waals surface area contributed by atoms with Crippen LogP contribution in [0.25, 0.3) is 4.96 Å². The normalized spacial score (nSPS) is 16.0. The first kappa shape index (κ1) is 19.4. The third-order valence-corrected chi connectivity index (χ3v) is 5.95. The molecule has 0 saturated heterocycles. The van der Waals surface area contributed by atoms with Crippen LogP contribution in [0.2, 0.25) is 0 Å². The van der Waals surface area contributed by atoms with Crippen molar-refractivity contribution in [3.8, 4) is 5.75 Å². The molecule has 1 aliphatic rings. The zero-order valence-corrected chi connectivity index (χ0v) is 17.3. The van der Waals surface area contributed by atoms with Crippen molar-refractivity contribution in [1.82, 2.24) is 14.7 Å². The van der Waals surface area contributed by atoms with Crippen molar-refractivity contribution < 1.29 is 9.53 Å². The SMILES string of the molecule is CCC(CC)NC(=O)C1CN(Cc2cc(=O)n3ccsc3n2)c2ccccc2O1. The van der Waals surface area contributed by atoms with Crippen molar-refractivity contribution in [2.45, 2.75) is 45.4 Å². The lowest BCUT2D eigenvalue weighted by Gasteiger charge is -2.35. The molecule has 152 valence electrons. The van der Waals surface area contributed by atoms with Crippen molar-refractivity contribution in [3.05, 3.63) is 58.0 Å². The molecule has 1 atom stereocenters. The van der Waals surface area contributed by atoms with Gasteiger partial charge in [-0.15, -0.1) is 11.3 Å². The fourth-order valence-corrected chi connectivity index (χ4v) is 4.28. The van der Waals surface area contributed by atoms with Crippen molar-refractivity contribution >= 4 is 27.9 Å². The fourth-order valence-electron chi connectivity index (χ4n) is 3.54. The van der Waals surface area contributed by atoms with Gasteiger partial charge in [0.25, 0.3) is 11.5 Å². The number of amides is 1. The van der Waals surface area contributed by atoms with Gasteiger partial charge in [-0.3, -0.25) is 14.0 Å². The number of hydrogen-bond donors (Lipinski definition) is 1. The molecule has 0 saturated carbocycles. The maximum absolute atomic E-state index is 12.8. The first-order valence-corrected chi connectivity index (χ1v) is 10.7. The van der Waals surface area contributed by atoms with E-state index in [9.17, 15) is 9.59 Å². The molecule has 4 rings (SSSR count). The van der Waals surface area contributed by atoms with Gasteiger partial charge < -0.3 is 15.0 Å². The monoisotopic (exact) mass is 412 g/mol. The van der Waals surface area contributed by atoms with Crippen LogP contribution in [0.5, 0.6) is 5.75 Å². The summed E-state index contributed by atoms with van der Waals surface area (Å²) < 4.78 is 7.53. The third-order valence-electron chi connectivity index (χ3n) is 5.19. The number of ether oxygens (including phenoxy) is 1. The molecule has 0 radical (unpaired) electrons. The van der Waals surface area contributed by atoms with E-state index < -0.39 is 6.10 Å². The van der Waals surface area contributed by atoms with Crippen LogP contribution in [-0.2, 0) is 11.3 Å². The van der Waals surface area contributed by atoms with Crippen LogP contribution in [-0.4, -0.2) is 34.0 Å². The Labute approximate surface area is 173 Å². The largest absolute Gasteiger partial charge is 0.477 e. The van der Waals surface area contributed by atoms with E-state index in [1.807, 2.05) is 29.6 Å². The van der Waals surface area contributed by atoms with Crippen LogP contribution in [0.15, 0.2) is 46.7 Å². The summed E-state index contributed by atoms with van der Waals surface area (Å²) in [6.45, 7) is 4.94. The molecule has 2 aromatic heterocycles. The Morgan fingerprint density at radius 2 is 2.14 bits per heavy atom. The highest BCUT2D eigenvalue weighted by Gasteiger charge is 2.31. The Morgan fingerprint density at radius 1 is 1.34 bits per heavy atom. The first-order chi connectivity index (χ1) is 14.1. The van der Waals surface area contributed by atoms with Crippen LogP contribution in [0.1, 0.15) is 32.4 Å². The van der Waals surface area contributed by atoms with E-state index in [0.717, 1.165) is 18.5 Å². The van der Waals surface area contributed by atoms with Crippen molar-refractivity contribution in [2.24, 2.45) is 0 Å². The lowest BCUT2D eigenvalue weighted by atomic mass is 10.1. The van der Waals surface area contributed by atoms with Gasteiger partial charge in [0.1, 0.15) is 5.75 Å². The Bertz CT molecular complexity index is 1070. The summed E-state index contributed by atoms with van der Waals surface area (Å²) in [5, 5.41) is 4.92. The Balaban J connectivity index is 1.60. The minimum atomic E-state index is -0.614. The maximum atomic E-state index is 12.8. The van der Waals surface area contributed by atoms with Crippen molar-refractivity contribution in [2.75, 3.05) is 11.4 Å². The second-order valence-corrected chi connectivity index (χ2v) is 7.99. The average molecular weight is 413 g/mol. The molecule has 3 heterocycles. The lowest BCUT2D eigenvalue weighted by molar-refractivity contribution is -0.128. The molecule has 0 bridgehead atoms. The van der Waals surface area contributed by atoms with Gasteiger partial charge in [-0.2, -0.15) is 0 Å². The topological polar surface area (TPSA) is 75.9 Å². The van der Waals surface area contributed by atoms with Crippen LogP contribution in [0.3, 0.4) is 0 Å². The van der Waals surface area contributed by atoms with E-state index >= 15 is 0 Å². The second kappa shape index (κ2) is 8.24. The average Bonchev–Trinajstić information content (AvgIpc) is 3.21. The van der Waals surface area contributed by atoms with E-state index in [2.05, 4.69) is 29.0 Å². The van der Waals surface area contributed by atoms with E-state index in [1.54, 1.807) is 12.3 Å². The van der Waals surface area contributed by atoms with Gasteiger partial charge >= 0.3 is 0 Å². The fraction of sp³-hybridized carbons (Fsp3) is 0.381. The molecule has 0 fully saturated rings. The molecular formula is C21H24N4O3S. The number of hydrogen-bond acceptors (Lipinski definition) is 6. The molecule has 1 aromatic carbocycles. The van der Waals surface area contributed by atoms with Crippen molar-refractivity contribution in [3.63, 3.8) is 0 Å². The minimum absolute atomic E-state index is 0.101. The molecule has 3 aromatic rings. The number of carbonyl (C=O) groups is 1. The molecule has 8 heteroatoms. The number of benzene rings is 1. The first-order valence-electron chi connectivity index (χ1n) is 9.85. The van der Waals surface area contributed by atoms with Gasteiger partial charge in [0.15, 0.2) is 11.1 Å². The number of aromatic nitrogens is 2.